The molecular weight excluding hydrogens is 181 g/mol. The lowest BCUT2D eigenvalue weighted by Gasteiger charge is -2.27. The maximum Gasteiger partial charge on any atom is 0.454 e. The van der Waals surface area contributed by atoms with Crippen LogP contribution in [0.2, 0.25) is 0 Å². The van der Waals surface area contributed by atoms with Gasteiger partial charge in [-0.2, -0.15) is 22.0 Å². The largest absolute Gasteiger partial charge is 0.454 e. The van der Waals surface area contributed by atoms with Crippen LogP contribution in [0.1, 0.15) is 13.8 Å². The number of nitrogens with two attached hydrogens (primary N) is 1. The standard InChI is InChI=1S/C6H10F5N/c1-3(2)4(12)5(7,8)6(9,10)11/h3-4H,12H2,1-2H3. The Morgan fingerprint density at radius 1 is 1.00 bits per heavy atom. The molecular formula is C6H10F5N. The molecule has 0 saturated carbocycles. The van der Waals surface area contributed by atoms with Gasteiger partial charge in [-0.15, -0.1) is 0 Å². The minimum absolute atomic E-state index is 0.915. The number of alkyl halides is 5. The number of hydrogen-bond donors (Lipinski definition) is 1. The van der Waals surface area contributed by atoms with E-state index in [1.165, 1.54) is 13.8 Å². The highest BCUT2D eigenvalue weighted by atomic mass is 19.4. The zero-order chi connectivity index (χ0) is 10.2. The molecule has 12 heavy (non-hydrogen) atoms. The molecule has 2 N–H and O–H groups in total. The highest BCUT2D eigenvalue weighted by molar-refractivity contribution is 4.88. The molecule has 0 aromatic heterocycles. The summed E-state index contributed by atoms with van der Waals surface area (Å²) in [7, 11) is 0. The first-order chi connectivity index (χ1) is 5.10. The van der Waals surface area contributed by atoms with E-state index in [0.717, 1.165) is 0 Å². The van der Waals surface area contributed by atoms with Crippen molar-refractivity contribution in [2.24, 2.45) is 11.7 Å². The minimum atomic E-state index is -5.56. The summed E-state index contributed by atoms with van der Waals surface area (Å²) in [6.07, 6.45) is -5.56. The summed E-state index contributed by atoms with van der Waals surface area (Å²) >= 11 is 0. The van der Waals surface area contributed by atoms with Crippen molar-refractivity contribution in [3.8, 4) is 0 Å². The van der Waals surface area contributed by atoms with Gasteiger partial charge in [0.2, 0.25) is 0 Å². The van der Waals surface area contributed by atoms with Gasteiger partial charge in [-0.25, -0.2) is 0 Å². The molecule has 1 unspecified atom stereocenters. The molecule has 0 fully saturated rings. The van der Waals surface area contributed by atoms with Gasteiger partial charge in [0.05, 0.1) is 6.04 Å². The molecule has 0 aliphatic rings. The second kappa shape index (κ2) is 3.16. The van der Waals surface area contributed by atoms with Crippen LogP contribution < -0.4 is 5.73 Å². The molecule has 74 valence electrons. The summed E-state index contributed by atoms with van der Waals surface area (Å²) in [6.45, 7) is 2.43. The Bertz CT molecular complexity index is 151. The fourth-order valence-electron chi connectivity index (χ4n) is 0.608. The third-order valence-electron chi connectivity index (χ3n) is 1.51. The smallest absolute Gasteiger partial charge is 0.322 e. The topological polar surface area (TPSA) is 26.0 Å². The van der Waals surface area contributed by atoms with Crippen LogP contribution in [0.15, 0.2) is 0 Å². The van der Waals surface area contributed by atoms with E-state index in [4.69, 9.17) is 5.73 Å². The third-order valence-corrected chi connectivity index (χ3v) is 1.51. The third kappa shape index (κ3) is 2.06. The summed E-state index contributed by atoms with van der Waals surface area (Å²) in [5.74, 6) is -5.72. The Morgan fingerprint density at radius 3 is 1.42 bits per heavy atom. The van der Waals surface area contributed by atoms with Crippen molar-refractivity contribution in [2.45, 2.75) is 32.0 Å². The van der Waals surface area contributed by atoms with Crippen molar-refractivity contribution in [1.29, 1.82) is 0 Å². The summed E-state index contributed by atoms with van der Waals surface area (Å²) in [4.78, 5) is 0. The van der Waals surface area contributed by atoms with Crippen LogP contribution in [0.25, 0.3) is 0 Å². The van der Waals surface area contributed by atoms with Gasteiger partial charge < -0.3 is 5.73 Å². The van der Waals surface area contributed by atoms with Crippen LogP contribution in [0, 0.1) is 5.92 Å². The van der Waals surface area contributed by atoms with Crippen molar-refractivity contribution in [3.05, 3.63) is 0 Å². The average Bonchev–Trinajstić information content (AvgIpc) is 1.83. The second-order valence-corrected chi connectivity index (χ2v) is 2.89. The van der Waals surface area contributed by atoms with Crippen LogP contribution >= 0.6 is 0 Å². The SMILES string of the molecule is CC(C)C(N)C(F)(F)C(F)(F)F. The molecule has 0 spiro atoms. The van der Waals surface area contributed by atoms with Gasteiger partial charge in [0.1, 0.15) is 0 Å². The van der Waals surface area contributed by atoms with Gasteiger partial charge in [-0.3, -0.25) is 0 Å². The lowest BCUT2D eigenvalue weighted by molar-refractivity contribution is -0.293. The summed E-state index contributed by atoms with van der Waals surface area (Å²) in [5, 5.41) is 0. The van der Waals surface area contributed by atoms with E-state index in [2.05, 4.69) is 0 Å². The van der Waals surface area contributed by atoms with E-state index < -0.39 is 24.1 Å². The first-order valence-corrected chi connectivity index (χ1v) is 3.30. The summed E-state index contributed by atoms with van der Waals surface area (Å²) in [6, 6.07) is -2.18. The highest BCUT2D eigenvalue weighted by Gasteiger charge is 2.61. The van der Waals surface area contributed by atoms with Gasteiger partial charge in [0.25, 0.3) is 0 Å². The number of hydrogen-bond acceptors (Lipinski definition) is 1. The predicted octanol–water partition coefficient (Wildman–Crippen LogP) is 2.17. The van der Waals surface area contributed by atoms with Crippen molar-refractivity contribution < 1.29 is 22.0 Å². The van der Waals surface area contributed by atoms with Gasteiger partial charge in [-0.1, -0.05) is 13.8 Å². The Labute approximate surface area is 66.7 Å². The van der Waals surface area contributed by atoms with Crippen LogP contribution in [0.3, 0.4) is 0 Å². The van der Waals surface area contributed by atoms with Crippen LogP contribution in [-0.2, 0) is 0 Å². The molecule has 0 aromatic rings. The average molecular weight is 191 g/mol. The summed E-state index contributed by atoms with van der Waals surface area (Å²) < 4.78 is 59.5. The molecule has 0 saturated heterocycles. The molecule has 0 bridgehead atoms. The highest BCUT2D eigenvalue weighted by Crippen LogP contribution is 2.39. The van der Waals surface area contributed by atoms with Crippen LogP contribution in [-0.4, -0.2) is 18.1 Å². The molecule has 1 nitrogen and oxygen atoms in total. The molecule has 0 aromatic carbocycles. The van der Waals surface area contributed by atoms with Crippen molar-refractivity contribution in [3.63, 3.8) is 0 Å². The molecule has 0 aliphatic carbocycles. The second-order valence-electron chi connectivity index (χ2n) is 2.89. The van der Waals surface area contributed by atoms with Crippen molar-refractivity contribution in [2.75, 3.05) is 0 Å². The molecule has 1 atom stereocenters. The van der Waals surface area contributed by atoms with E-state index >= 15 is 0 Å². The maximum absolute atomic E-state index is 12.3. The maximum atomic E-state index is 12.3. The Hall–Kier alpha value is -0.390. The predicted molar refractivity (Wildman–Crippen MR) is 33.8 cm³/mol. The summed E-state index contributed by atoms with van der Waals surface area (Å²) in [5.41, 5.74) is 4.71. The van der Waals surface area contributed by atoms with Crippen molar-refractivity contribution >= 4 is 0 Å². The van der Waals surface area contributed by atoms with Crippen molar-refractivity contribution in [1.82, 2.24) is 0 Å². The number of halogens is 5. The van der Waals surface area contributed by atoms with Crippen LogP contribution in [0.4, 0.5) is 22.0 Å². The van der Waals surface area contributed by atoms with Crippen LogP contribution in [0.5, 0.6) is 0 Å². The van der Waals surface area contributed by atoms with E-state index in [9.17, 15) is 22.0 Å². The molecule has 0 rings (SSSR count). The zero-order valence-electron chi connectivity index (χ0n) is 6.62. The molecule has 6 heteroatoms. The van der Waals surface area contributed by atoms with E-state index in [1.807, 2.05) is 0 Å². The molecule has 0 radical (unpaired) electrons. The van der Waals surface area contributed by atoms with Gasteiger partial charge >= 0.3 is 12.1 Å². The number of rotatable bonds is 2. The normalized spacial score (nSPS) is 16.8. The van der Waals surface area contributed by atoms with Gasteiger partial charge in [0, 0.05) is 0 Å². The first kappa shape index (κ1) is 11.6. The lowest BCUT2D eigenvalue weighted by atomic mass is 9.98. The van der Waals surface area contributed by atoms with E-state index in [0.29, 0.717) is 0 Å². The van der Waals surface area contributed by atoms with E-state index in [1.54, 1.807) is 0 Å². The monoisotopic (exact) mass is 191 g/mol. The quantitative estimate of drug-likeness (QED) is 0.665. The lowest BCUT2D eigenvalue weighted by Crippen LogP contribution is -2.54. The molecule has 0 aliphatic heterocycles. The zero-order valence-corrected chi connectivity index (χ0v) is 6.62. The Morgan fingerprint density at radius 2 is 1.33 bits per heavy atom. The Kier molecular flexibility index (Phi) is 3.06. The first-order valence-electron chi connectivity index (χ1n) is 3.30. The molecule has 0 amide bonds. The fourth-order valence-corrected chi connectivity index (χ4v) is 0.608. The van der Waals surface area contributed by atoms with Gasteiger partial charge in [0.15, 0.2) is 0 Å². The molecule has 0 heterocycles. The fraction of sp³-hybridized carbons (Fsp3) is 1.00. The van der Waals surface area contributed by atoms with E-state index in [-0.39, 0.29) is 0 Å². The Balaban J connectivity index is 4.61. The minimum Gasteiger partial charge on any atom is -0.322 e. The van der Waals surface area contributed by atoms with Gasteiger partial charge in [-0.05, 0) is 5.92 Å².